The first-order chi connectivity index (χ1) is 8.45. The van der Waals surface area contributed by atoms with Gasteiger partial charge in [0.2, 0.25) is 0 Å². The fourth-order valence-corrected chi connectivity index (χ4v) is 4.99. The monoisotopic (exact) mass is 329 g/mol. The van der Waals surface area contributed by atoms with E-state index in [0.717, 1.165) is 22.2 Å². The second kappa shape index (κ2) is 5.43. The molecule has 1 aliphatic carbocycles. The van der Waals surface area contributed by atoms with Crippen molar-refractivity contribution < 1.29 is 4.21 Å². The lowest BCUT2D eigenvalue weighted by Gasteiger charge is -2.30. The van der Waals surface area contributed by atoms with Crippen LogP contribution in [0.1, 0.15) is 26.7 Å². The van der Waals surface area contributed by atoms with Crippen LogP contribution in [-0.4, -0.2) is 22.5 Å². The van der Waals surface area contributed by atoms with E-state index in [-0.39, 0.29) is 10.7 Å². The van der Waals surface area contributed by atoms with E-state index in [1.807, 2.05) is 31.3 Å². The molecule has 1 fully saturated rings. The molecule has 0 amide bonds. The molecule has 1 aromatic carbocycles. The molecule has 0 spiro atoms. The van der Waals surface area contributed by atoms with E-state index in [1.54, 1.807) is 0 Å². The molecular weight excluding hydrogens is 310 g/mol. The Morgan fingerprint density at radius 3 is 2.50 bits per heavy atom. The summed E-state index contributed by atoms with van der Waals surface area (Å²) in [5, 5.41) is 3.58. The van der Waals surface area contributed by atoms with Gasteiger partial charge in [-0.05, 0) is 49.6 Å². The van der Waals surface area contributed by atoms with E-state index in [4.69, 9.17) is 0 Å². The SMILES string of the molecule is CNC1C(S(=O)c2ccc(Br)cc2)CCC1(C)C. The number of hydrogen-bond donors (Lipinski definition) is 1. The Kier molecular flexibility index (Phi) is 4.29. The highest BCUT2D eigenvalue weighted by Crippen LogP contribution is 2.40. The van der Waals surface area contributed by atoms with E-state index in [0.29, 0.717) is 6.04 Å². The Morgan fingerprint density at radius 1 is 1.33 bits per heavy atom. The number of hydrogen-bond acceptors (Lipinski definition) is 2. The standard InChI is InChI=1S/C14H20BrNOS/c1-14(2)9-8-12(13(14)16-3)18(17)11-6-4-10(15)5-7-11/h4-7,12-13,16H,8-9H2,1-3H3. The fraction of sp³-hybridized carbons (Fsp3) is 0.571. The Labute approximate surface area is 120 Å². The average molecular weight is 330 g/mol. The molecule has 0 aromatic heterocycles. The summed E-state index contributed by atoms with van der Waals surface area (Å²) in [4.78, 5) is 0.932. The third kappa shape index (κ3) is 2.70. The summed E-state index contributed by atoms with van der Waals surface area (Å²) < 4.78 is 13.7. The van der Waals surface area contributed by atoms with Crippen LogP contribution in [0.15, 0.2) is 33.6 Å². The van der Waals surface area contributed by atoms with Crippen molar-refractivity contribution in [2.24, 2.45) is 5.41 Å². The van der Waals surface area contributed by atoms with Crippen molar-refractivity contribution in [3.8, 4) is 0 Å². The minimum absolute atomic E-state index is 0.214. The van der Waals surface area contributed by atoms with Gasteiger partial charge in [0.05, 0.1) is 16.0 Å². The second-order valence-corrected chi connectivity index (χ2v) is 8.17. The zero-order valence-corrected chi connectivity index (χ0v) is 13.5. The lowest BCUT2D eigenvalue weighted by molar-refractivity contribution is 0.299. The molecule has 3 unspecified atom stereocenters. The molecule has 1 N–H and O–H groups in total. The number of benzene rings is 1. The summed E-state index contributed by atoms with van der Waals surface area (Å²) in [6.07, 6.45) is 2.16. The molecule has 0 heterocycles. The topological polar surface area (TPSA) is 29.1 Å². The van der Waals surface area contributed by atoms with Crippen LogP contribution in [-0.2, 0) is 10.8 Å². The van der Waals surface area contributed by atoms with E-state index >= 15 is 0 Å². The summed E-state index contributed by atoms with van der Waals surface area (Å²) in [6.45, 7) is 4.51. The van der Waals surface area contributed by atoms with Crippen molar-refractivity contribution in [3.05, 3.63) is 28.7 Å². The van der Waals surface area contributed by atoms with E-state index in [9.17, 15) is 4.21 Å². The van der Waals surface area contributed by atoms with Crippen LogP contribution in [0.4, 0.5) is 0 Å². The van der Waals surface area contributed by atoms with Crippen molar-refractivity contribution >= 4 is 26.7 Å². The van der Waals surface area contributed by atoms with Crippen LogP contribution in [0.25, 0.3) is 0 Å². The summed E-state index contributed by atoms with van der Waals surface area (Å²) in [7, 11) is 1.05. The smallest absolute Gasteiger partial charge is 0.0576 e. The molecule has 1 aliphatic rings. The van der Waals surface area contributed by atoms with Gasteiger partial charge in [0.25, 0.3) is 0 Å². The molecule has 100 valence electrons. The Bertz CT molecular complexity index is 444. The summed E-state index contributed by atoms with van der Waals surface area (Å²) in [6, 6.07) is 8.15. The molecule has 0 aliphatic heterocycles. The molecule has 3 atom stereocenters. The highest BCUT2D eigenvalue weighted by atomic mass is 79.9. The molecule has 0 saturated heterocycles. The third-order valence-corrected chi connectivity index (χ3v) is 6.24. The van der Waals surface area contributed by atoms with E-state index in [2.05, 4.69) is 35.1 Å². The number of halogens is 1. The van der Waals surface area contributed by atoms with Crippen LogP contribution < -0.4 is 5.32 Å². The lowest BCUT2D eigenvalue weighted by atomic mass is 9.87. The maximum atomic E-state index is 12.7. The Hall–Kier alpha value is -0.190. The number of rotatable bonds is 3. The quantitative estimate of drug-likeness (QED) is 0.921. The van der Waals surface area contributed by atoms with Crippen molar-refractivity contribution in [2.45, 2.75) is 42.9 Å². The van der Waals surface area contributed by atoms with Gasteiger partial charge >= 0.3 is 0 Å². The molecule has 2 rings (SSSR count). The first-order valence-electron chi connectivity index (χ1n) is 6.29. The number of nitrogens with one attached hydrogen (secondary N) is 1. The molecule has 4 heteroatoms. The van der Waals surface area contributed by atoms with Gasteiger partial charge in [0.1, 0.15) is 0 Å². The van der Waals surface area contributed by atoms with Crippen LogP contribution in [0.3, 0.4) is 0 Å². The van der Waals surface area contributed by atoms with Crippen LogP contribution >= 0.6 is 15.9 Å². The first-order valence-corrected chi connectivity index (χ1v) is 8.30. The van der Waals surface area contributed by atoms with Crippen LogP contribution in [0, 0.1) is 5.41 Å². The van der Waals surface area contributed by atoms with Crippen molar-refractivity contribution in [1.82, 2.24) is 5.32 Å². The van der Waals surface area contributed by atoms with Gasteiger partial charge in [-0.3, -0.25) is 4.21 Å². The zero-order chi connectivity index (χ0) is 13.3. The molecule has 1 saturated carbocycles. The fourth-order valence-electron chi connectivity index (χ4n) is 2.89. The normalized spacial score (nSPS) is 28.2. The average Bonchev–Trinajstić information content (AvgIpc) is 2.64. The van der Waals surface area contributed by atoms with Crippen molar-refractivity contribution in [1.29, 1.82) is 0 Å². The summed E-state index contributed by atoms with van der Waals surface area (Å²) in [5.74, 6) is 0. The Balaban J connectivity index is 2.22. The predicted octanol–water partition coefficient (Wildman–Crippen LogP) is 3.33. The molecule has 2 nitrogen and oxygen atoms in total. The summed E-state index contributed by atoms with van der Waals surface area (Å²) in [5.41, 5.74) is 0.227. The van der Waals surface area contributed by atoms with Gasteiger partial charge in [0, 0.05) is 15.4 Å². The third-order valence-electron chi connectivity index (χ3n) is 3.92. The molecule has 18 heavy (non-hydrogen) atoms. The summed E-state index contributed by atoms with van der Waals surface area (Å²) >= 11 is 3.41. The zero-order valence-electron chi connectivity index (χ0n) is 11.1. The second-order valence-electron chi connectivity index (χ2n) is 5.58. The highest BCUT2D eigenvalue weighted by Gasteiger charge is 2.43. The molecular formula is C14H20BrNOS. The van der Waals surface area contributed by atoms with Crippen LogP contribution in [0.2, 0.25) is 0 Å². The largest absolute Gasteiger partial charge is 0.315 e. The first kappa shape index (κ1) is 14.2. The minimum atomic E-state index is -0.927. The minimum Gasteiger partial charge on any atom is -0.315 e. The van der Waals surface area contributed by atoms with Crippen molar-refractivity contribution in [3.63, 3.8) is 0 Å². The van der Waals surface area contributed by atoms with Gasteiger partial charge in [-0.1, -0.05) is 29.8 Å². The molecule has 0 bridgehead atoms. The van der Waals surface area contributed by atoms with Gasteiger partial charge in [-0.25, -0.2) is 0 Å². The Morgan fingerprint density at radius 2 is 1.94 bits per heavy atom. The highest BCUT2D eigenvalue weighted by molar-refractivity contribution is 9.10. The van der Waals surface area contributed by atoms with Gasteiger partial charge < -0.3 is 5.32 Å². The van der Waals surface area contributed by atoms with Crippen LogP contribution in [0.5, 0.6) is 0 Å². The van der Waals surface area contributed by atoms with Gasteiger partial charge in [0.15, 0.2) is 0 Å². The van der Waals surface area contributed by atoms with E-state index < -0.39 is 10.8 Å². The maximum Gasteiger partial charge on any atom is 0.0576 e. The molecule has 1 aromatic rings. The van der Waals surface area contributed by atoms with Crippen molar-refractivity contribution in [2.75, 3.05) is 7.05 Å². The van der Waals surface area contributed by atoms with Gasteiger partial charge in [-0.2, -0.15) is 0 Å². The predicted molar refractivity (Wildman–Crippen MR) is 80.2 cm³/mol. The maximum absolute atomic E-state index is 12.7. The molecule has 0 radical (unpaired) electrons. The van der Waals surface area contributed by atoms with Gasteiger partial charge in [-0.15, -0.1) is 0 Å². The van der Waals surface area contributed by atoms with E-state index in [1.165, 1.54) is 0 Å². The lowest BCUT2D eigenvalue weighted by Crippen LogP contribution is -2.44.